The zero-order valence-corrected chi connectivity index (χ0v) is 12.9. The van der Waals surface area contributed by atoms with Gasteiger partial charge in [-0.2, -0.15) is 0 Å². The second kappa shape index (κ2) is 5.90. The largest absolute Gasteiger partial charge is 0.444 e. The van der Waals surface area contributed by atoms with Crippen molar-refractivity contribution in [2.45, 2.75) is 82.6 Å². The Hall–Kier alpha value is -0.810. The molecule has 3 N–H and O–H groups in total. The molecule has 2 rings (SSSR count). The lowest BCUT2D eigenvalue weighted by Crippen LogP contribution is -2.45. The van der Waals surface area contributed by atoms with Gasteiger partial charge in [-0.15, -0.1) is 0 Å². The van der Waals surface area contributed by atoms with Crippen molar-refractivity contribution in [2.75, 3.05) is 6.54 Å². The highest BCUT2D eigenvalue weighted by atomic mass is 16.6. The molecule has 0 aromatic rings. The highest BCUT2D eigenvalue weighted by molar-refractivity contribution is 5.68. The lowest BCUT2D eigenvalue weighted by molar-refractivity contribution is -0.0646. The molecule has 0 unspecified atom stereocenters. The van der Waals surface area contributed by atoms with Gasteiger partial charge in [0.05, 0.1) is 11.7 Å². The summed E-state index contributed by atoms with van der Waals surface area (Å²) in [5.41, 5.74) is 5.26. The Labute approximate surface area is 121 Å². The van der Waals surface area contributed by atoms with Crippen LogP contribution in [0.2, 0.25) is 0 Å². The zero-order chi connectivity index (χ0) is 14.8. The van der Waals surface area contributed by atoms with Crippen LogP contribution in [0, 0.1) is 0 Å². The molecule has 1 aliphatic heterocycles. The predicted molar refractivity (Wildman–Crippen MR) is 77.5 cm³/mol. The number of ether oxygens (including phenoxy) is 2. The lowest BCUT2D eigenvalue weighted by Gasteiger charge is -2.37. The van der Waals surface area contributed by atoms with E-state index in [0.29, 0.717) is 6.54 Å². The van der Waals surface area contributed by atoms with E-state index in [1.54, 1.807) is 0 Å². The molecule has 116 valence electrons. The van der Waals surface area contributed by atoms with E-state index in [-0.39, 0.29) is 23.8 Å². The van der Waals surface area contributed by atoms with E-state index in [2.05, 4.69) is 5.32 Å². The number of alkyl carbamates (subject to hydrolysis) is 1. The molecule has 5 heteroatoms. The standard InChI is InChI=1S/C15H28N2O3/c1-14(2,3)20-13(18)17-11-4-7-15(8-5-11)9-6-12(10-16)19-15/h11-12H,4-10,16H2,1-3H3,(H,17,18)/t11?,12-,15?/m0/s1. The minimum atomic E-state index is -0.442. The first-order chi connectivity index (χ1) is 9.32. The highest BCUT2D eigenvalue weighted by Crippen LogP contribution is 2.41. The second-order valence-corrected chi connectivity index (χ2v) is 7.12. The summed E-state index contributed by atoms with van der Waals surface area (Å²) in [6.45, 7) is 6.24. The van der Waals surface area contributed by atoms with Gasteiger partial charge in [0.25, 0.3) is 0 Å². The van der Waals surface area contributed by atoms with Crippen molar-refractivity contribution in [3.05, 3.63) is 0 Å². The maximum absolute atomic E-state index is 11.8. The summed E-state index contributed by atoms with van der Waals surface area (Å²) in [4.78, 5) is 11.8. The van der Waals surface area contributed by atoms with E-state index < -0.39 is 5.60 Å². The first-order valence-electron chi connectivity index (χ1n) is 7.69. The molecule has 0 radical (unpaired) electrons. The van der Waals surface area contributed by atoms with Gasteiger partial charge in [0, 0.05) is 12.6 Å². The minimum absolute atomic E-state index is 0.0240. The number of nitrogens with one attached hydrogen (secondary N) is 1. The summed E-state index contributed by atoms with van der Waals surface area (Å²) < 4.78 is 11.4. The van der Waals surface area contributed by atoms with Crippen molar-refractivity contribution in [1.29, 1.82) is 0 Å². The van der Waals surface area contributed by atoms with Crippen LogP contribution in [-0.2, 0) is 9.47 Å². The molecule has 0 aromatic carbocycles. The van der Waals surface area contributed by atoms with E-state index in [1.165, 1.54) is 0 Å². The van der Waals surface area contributed by atoms with E-state index >= 15 is 0 Å². The lowest BCUT2D eigenvalue weighted by atomic mass is 9.80. The summed E-state index contributed by atoms with van der Waals surface area (Å²) in [5, 5.41) is 2.97. The van der Waals surface area contributed by atoms with E-state index in [1.807, 2.05) is 20.8 Å². The average Bonchev–Trinajstić information content (AvgIpc) is 2.74. The molecule has 1 heterocycles. The number of carbonyl (C=O) groups is 1. The molecule has 2 aliphatic rings. The molecule has 1 saturated carbocycles. The van der Waals surface area contributed by atoms with Crippen molar-refractivity contribution >= 4 is 6.09 Å². The Bertz CT molecular complexity index is 344. The van der Waals surface area contributed by atoms with Crippen LogP contribution in [-0.4, -0.2) is 36.0 Å². The summed E-state index contributed by atoms with van der Waals surface area (Å²) >= 11 is 0. The van der Waals surface area contributed by atoms with Gasteiger partial charge in [0.1, 0.15) is 5.60 Å². The van der Waals surface area contributed by atoms with Crippen LogP contribution in [0.3, 0.4) is 0 Å². The summed E-state index contributed by atoms with van der Waals surface area (Å²) in [5.74, 6) is 0. The third-order valence-electron chi connectivity index (χ3n) is 4.22. The Morgan fingerprint density at radius 3 is 2.40 bits per heavy atom. The molecule has 2 fully saturated rings. The highest BCUT2D eigenvalue weighted by Gasteiger charge is 2.42. The van der Waals surface area contributed by atoms with E-state index in [0.717, 1.165) is 38.5 Å². The van der Waals surface area contributed by atoms with Crippen molar-refractivity contribution in [3.63, 3.8) is 0 Å². The molecular formula is C15H28N2O3. The molecule has 1 amide bonds. The van der Waals surface area contributed by atoms with Crippen LogP contribution in [0.4, 0.5) is 4.79 Å². The molecule has 1 spiro atoms. The second-order valence-electron chi connectivity index (χ2n) is 7.12. The molecule has 0 aromatic heterocycles. The van der Waals surface area contributed by atoms with Crippen molar-refractivity contribution in [3.8, 4) is 0 Å². The maximum Gasteiger partial charge on any atom is 0.407 e. The SMILES string of the molecule is CC(C)(C)OC(=O)NC1CCC2(CC1)CC[C@@H](CN)O2. The minimum Gasteiger partial charge on any atom is -0.444 e. The van der Waals surface area contributed by atoms with Crippen LogP contribution in [0.15, 0.2) is 0 Å². The van der Waals surface area contributed by atoms with Gasteiger partial charge >= 0.3 is 6.09 Å². The Morgan fingerprint density at radius 2 is 1.90 bits per heavy atom. The third kappa shape index (κ3) is 4.09. The topological polar surface area (TPSA) is 73.6 Å². The van der Waals surface area contributed by atoms with Gasteiger partial charge in [-0.05, 0) is 59.3 Å². The molecule has 1 atom stereocenters. The number of rotatable bonds is 2. The molecule has 20 heavy (non-hydrogen) atoms. The first kappa shape index (κ1) is 15.6. The summed E-state index contributed by atoms with van der Waals surface area (Å²) in [7, 11) is 0. The predicted octanol–water partition coefficient (Wildman–Crippen LogP) is 2.33. The van der Waals surface area contributed by atoms with Crippen LogP contribution in [0.25, 0.3) is 0 Å². The smallest absolute Gasteiger partial charge is 0.407 e. The van der Waals surface area contributed by atoms with Crippen LogP contribution in [0.5, 0.6) is 0 Å². The van der Waals surface area contributed by atoms with Crippen LogP contribution >= 0.6 is 0 Å². The normalized spacial score (nSPS) is 34.2. The number of hydrogen-bond acceptors (Lipinski definition) is 4. The Balaban J connectivity index is 1.76. The van der Waals surface area contributed by atoms with E-state index in [4.69, 9.17) is 15.2 Å². The van der Waals surface area contributed by atoms with Crippen molar-refractivity contribution in [1.82, 2.24) is 5.32 Å². The number of amides is 1. The molecule has 1 aliphatic carbocycles. The van der Waals surface area contributed by atoms with Crippen LogP contribution in [0.1, 0.15) is 59.3 Å². The van der Waals surface area contributed by atoms with Crippen molar-refractivity contribution < 1.29 is 14.3 Å². The van der Waals surface area contributed by atoms with Gasteiger partial charge < -0.3 is 20.5 Å². The maximum atomic E-state index is 11.8. The summed E-state index contributed by atoms with van der Waals surface area (Å²) in [6.07, 6.45) is 6.01. The van der Waals surface area contributed by atoms with Gasteiger partial charge in [-0.3, -0.25) is 0 Å². The fourth-order valence-corrected chi connectivity index (χ4v) is 3.19. The quantitative estimate of drug-likeness (QED) is 0.816. The average molecular weight is 284 g/mol. The van der Waals surface area contributed by atoms with Gasteiger partial charge in [-0.25, -0.2) is 4.79 Å². The molecule has 1 saturated heterocycles. The number of nitrogens with two attached hydrogens (primary N) is 1. The molecule has 0 bridgehead atoms. The third-order valence-corrected chi connectivity index (χ3v) is 4.22. The monoisotopic (exact) mass is 284 g/mol. The summed E-state index contributed by atoms with van der Waals surface area (Å²) in [6, 6.07) is 0.205. The van der Waals surface area contributed by atoms with Gasteiger partial charge in [-0.1, -0.05) is 0 Å². The number of hydrogen-bond donors (Lipinski definition) is 2. The first-order valence-corrected chi connectivity index (χ1v) is 7.69. The van der Waals surface area contributed by atoms with Gasteiger partial charge in [0.2, 0.25) is 0 Å². The fraction of sp³-hybridized carbons (Fsp3) is 0.933. The number of carbonyl (C=O) groups excluding carboxylic acids is 1. The molecule has 5 nitrogen and oxygen atoms in total. The Morgan fingerprint density at radius 1 is 1.30 bits per heavy atom. The van der Waals surface area contributed by atoms with Crippen molar-refractivity contribution in [2.24, 2.45) is 5.73 Å². The van der Waals surface area contributed by atoms with E-state index in [9.17, 15) is 4.79 Å². The molecular weight excluding hydrogens is 256 g/mol. The fourth-order valence-electron chi connectivity index (χ4n) is 3.19. The Kier molecular flexibility index (Phi) is 4.59. The van der Waals surface area contributed by atoms with Gasteiger partial charge in [0.15, 0.2) is 0 Å². The zero-order valence-electron chi connectivity index (χ0n) is 12.9. The van der Waals surface area contributed by atoms with Crippen LogP contribution < -0.4 is 11.1 Å².